The number of hydrogen-bond acceptors (Lipinski definition) is 2. The Bertz CT molecular complexity index is 501. The van der Waals surface area contributed by atoms with Gasteiger partial charge < -0.3 is 5.73 Å². The van der Waals surface area contributed by atoms with E-state index in [9.17, 15) is 13.6 Å². The van der Waals surface area contributed by atoms with E-state index in [4.69, 9.17) is 5.73 Å². The Morgan fingerprint density at radius 3 is 2.55 bits per heavy atom. The third kappa shape index (κ3) is 2.98. The lowest BCUT2D eigenvalue weighted by Crippen LogP contribution is -2.55. The summed E-state index contributed by atoms with van der Waals surface area (Å²) in [5.41, 5.74) is 4.02. The molecule has 1 aromatic rings. The molecule has 3 N–H and O–H groups in total. The molecular formula is C15H20F2N2O. The van der Waals surface area contributed by atoms with Crippen molar-refractivity contribution in [1.82, 2.24) is 5.32 Å². The minimum absolute atomic E-state index is 0.0319. The van der Waals surface area contributed by atoms with Gasteiger partial charge in [0.1, 0.15) is 17.2 Å². The number of amides is 1. The molecular weight excluding hydrogens is 262 g/mol. The van der Waals surface area contributed by atoms with E-state index in [1.807, 2.05) is 0 Å². The molecule has 0 spiro atoms. The number of carbonyl (C=O) groups excluding carboxylic acids is 1. The molecule has 110 valence electrons. The second-order valence-electron chi connectivity index (χ2n) is 5.59. The molecule has 0 aliphatic heterocycles. The zero-order chi connectivity index (χ0) is 14.8. The molecule has 2 rings (SSSR count). The van der Waals surface area contributed by atoms with Crippen LogP contribution in [0.3, 0.4) is 0 Å². The van der Waals surface area contributed by atoms with Crippen LogP contribution < -0.4 is 11.1 Å². The summed E-state index contributed by atoms with van der Waals surface area (Å²) in [5, 5.41) is 3.13. The lowest BCUT2D eigenvalue weighted by Gasteiger charge is -2.35. The number of halogens is 2. The van der Waals surface area contributed by atoms with Crippen molar-refractivity contribution in [3.8, 4) is 0 Å². The van der Waals surface area contributed by atoms with Gasteiger partial charge in [0.25, 0.3) is 0 Å². The number of rotatable bonds is 4. The van der Waals surface area contributed by atoms with Gasteiger partial charge in [-0.2, -0.15) is 0 Å². The van der Waals surface area contributed by atoms with E-state index < -0.39 is 23.1 Å². The summed E-state index contributed by atoms with van der Waals surface area (Å²) in [4.78, 5) is 11.8. The van der Waals surface area contributed by atoms with Gasteiger partial charge in [-0.25, -0.2) is 8.78 Å². The van der Waals surface area contributed by atoms with E-state index >= 15 is 0 Å². The average Bonchev–Trinajstić information content (AvgIpc) is 2.42. The fourth-order valence-corrected chi connectivity index (χ4v) is 2.82. The predicted molar refractivity (Wildman–Crippen MR) is 72.9 cm³/mol. The van der Waals surface area contributed by atoms with Crippen molar-refractivity contribution in [2.24, 2.45) is 5.73 Å². The Kier molecular flexibility index (Phi) is 4.38. The van der Waals surface area contributed by atoms with Crippen molar-refractivity contribution in [2.75, 3.05) is 0 Å². The summed E-state index contributed by atoms with van der Waals surface area (Å²) in [7, 11) is 0. The van der Waals surface area contributed by atoms with Crippen LogP contribution in [0.1, 0.15) is 44.6 Å². The fourth-order valence-electron chi connectivity index (χ4n) is 2.82. The number of primary amides is 1. The minimum Gasteiger partial charge on any atom is -0.368 e. The highest BCUT2D eigenvalue weighted by molar-refractivity contribution is 5.85. The zero-order valence-electron chi connectivity index (χ0n) is 11.6. The molecule has 1 fully saturated rings. The Morgan fingerprint density at radius 2 is 1.95 bits per heavy atom. The molecule has 0 radical (unpaired) electrons. The van der Waals surface area contributed by atoms with Crippen LogP contribution in [0.25, 0.3) is 0 Å². The predicted octanol–water partition coefficient (Wildman–Crippen LogP) is 2.59. The Labute approximate surface area is 117 Å². The van der Waals surface area contributed by atoms with Crippen molar-refractivity contribution in [3.63, 3.8) is 0 Å². The summed E-state index contributed by atoms with van der Waals surface area (Å²) < 4.78 is 27.3. The first kappa shape index (κ1) is 14.9. The first-order valence-corrected chi connectivity index (χ1v) is 6.96. The van der Waals surface area contributed by atoms with Crippen molar-refractivity contribution in [3.05, 3.63) is 35.4 Å². The number of hydrogen-bond donors (Lipinski definition) is 2. The topological polar surface area (TPSA) is 55.1 Å². The molecule has 0 aromatic heterocycles. The van der Waals surface area contributed by atoms with Crippen LogP contribution in [0.2, 0.25) is 0 Å². The zero-order valence-corrected chi connectivity index (χ0v) is 11.6. The third-order valence-corrected chi connectivity index (χ3v) is 4.06. The summed E-state index contributed by atoms with van der Waals surface area (Å²) in [6.45, 7) is 1.52. The number of benzene rings is 1. The number of nitrogens with two attached hydrogens (primary N) is 1. The van der Waals surface area contributed by atoms with Crippen molar-refractivity contribution in [1.29, 1.82) is 0 Å². The maximum Gasteiger partial charge on any atom is 0.242 e. The second kappa shape index (κ2) is 5.87. The number of carbonyl (C=O) groups is 1. The van der Waals surface area contributed by atoms with Gasteiger partial charge in [-0.05, 0) is 38.0 Å². The Morgan fingerprint density at radius 1 is 1.30 bits per heavy atom. The summed E-state index contributed by atoms with van der Waals surface area (Å²) >= 11 is 0. The van der Waals surface area contributed by atoms with Gasteiger partial charge >= 0.3 is 0 Å². The standard InChI is InChI=1S/C15H20F2N2O/c1-15(14(18)20,19-11-5-3-2-4-6-11)12-9-10(16)7-8-13(12)17/h7-9,11,19H,2-6H2,1H3,(H2,18,20). The molecule has 1 atom stereocenters. The molecule has 0 bridgehead atoms. The van der Waals surface area contributed by atoms with E-state index in [1.54, 1.807) is 0 Å². The third-order valence-electron chi connectivity index (χ3n) is 4.06. The molecule has 1 aliphatic carbocycles. The van der Waals surface area contributed by atoms with Gasteiger partial charge in [0.05, 0.1) is 0 Å². The number of nitrogens with one attached hydrogen (secondary N) is 1. The van der Waals surface area contributed by atoms with Gasteiger partial charge in [-0.3, -0.25) is 10.1 Å². The quantitative estimate of drug-likeness (QED) is 0.892. The molecule has 1 saturated carbocycles. The molecule has 5 heteroatoms. The Balaban J connectivity index is 2.32. The van der Waals surface area contributed by atoms with E-state index in [2.05, 4.69) is 5.32 Å². The summed E-state index contributed by atoms with van der Waals surface area (Å²) in [5.74, 6) is -1.91. The molecule has 3 nitrogen and oxygen atoms in total. The molecule has 1 unspecified atom stereocenters. The van der Waals surface area contributed by atoms with Crippen molar-refractivity contribution < 1.29 is 13.6 Å². The van der Waals surface area contributed by atoms with Gasteiger partial charge in [0, 0.05) is 11.6 Å². The first-order valence-electron chi connectivity index (χ1n) is 6.96. The van der Waals surface area contributed by atoms with E-state index in [0.29, 0.717) is 0 Å². The van der Waals surface area contributed by atoms with Gasteiger partial charge in [-0.15, -0.1) is 0 Å². The second-order valence-corrected chi connectivity index (χ2v) is 5.59. The largest absolute Gasteiger partial charge is 0.368 e. The van der Waals surface area contributed by atoms with E-state index in [0.717, 1.165) is 43.9 Å². The summed E-state index contributed by atoms with van der Waals surface area (Å²) in [6, 6.07) is 3.19. The minimum atomic E-state index is -1.39. The SMILES string of the molecule is CC(NC1CCCCC1)(C(N)=O)c1cc(F)ccc1F. The normalized spacial score (nSPS) is 19.6. The van der Waals surface area contributed by atoms with Gasteiger partial charge in [0.15, 0.2) is 0 Å². The molecule has 20 heavy (non-hydrogen) atoms. The van der Waals surface area contributed by atoms with Crippen LogP contribution in [0.5, 0.6) is 0 Å². The van der Waals surface area contributed by atoms with Gasteiger partial charge in [-0.1, -0.05) is 19.3 Å². The van der Waals surface area contributed by atoms with Crippen LogP contribution in [0.4, 0.5) is 8.78 Å². The van der Waals surface area contributed by atoms with E-state index in [1.165, 1.54) is 13.3 Å². The van der Waals surface area contributed by atoms with Crippen LogP contribution in [0, 0.1) is 11.6 Å². The van der Waals surface area contributed by atoms with Crippen molar-refractivity contribution in [2.45, 2.75) is 50.6 Å². The fraction of sp³-hybridized carbons (Fsp3) is 0.533. The molecule has 1 aromatic carbocycles. The maximum absolute atomic E-state index is 14.0. The van der Waals surface area contributed by atoms with Crippen molar-refractivity contribution >= 4 is 5.91 Å². The average molecular weight is 282 g/mol. The molecule has 0 saturated heterocycles. The summed E-state index contributed by atoms with van der Waals surface area (Å²) in [6.07, 6.45) is 5.13. The maximum atomic E-state index is 14.0. The smallest absolute Gasteiger partial charge is 0.242 e. The van der Waals surface area contributed by atoms with E-state index in [-0.39, 0.29) is 11.6 Å². The Hall–Kier alpha value is -1.49. The lowest BCUT2D eigenvalue weighted by atomic mass is 9.86. The molecule has 1 amide bonds. The van der Waals surface area contributed by atoms with Gasteiger partial charge in [0.2, 0.25) is 5.91 Å². The highest BCUT2D eigenvalue weighted by atomic mass is 19.1. The lowest BCUT2D eigenvalue weighted by molar-refractivity contribution is -0.124. The molecule has 1 aliphatic rings. The highest BCUT2D eigenvalue weighted by Gasteiger charge is 2.38. The van der Waals surface area contributed by atoms with Crippen LogP contribution in [-0.2, 0) is 10.3 Å². The van der Waals surface area contributed by atoms with Crippen LogP contribution in [-0.4, -0.2) is 11.9 Å². The first-order chi connectivity index (χ1) is 9.43. The van der Waals surface area contributed by atoms with Crippen LogP contribution in [0.15, 0.2) is 18.2 Å². The van der Waals surface area contributed by atoms with Crippen LogP contribution >= 0.6 is 0 Å². The monoisotopic (exact) mass is 282 g/mol. The molecule has 0 heterocycles. The highest BCUT2D eigenvalue weighted by Crippen LogP contribution is 2.28.